The van der Waals surface area contributed by atoms with E-state index < -0.39 is 0 Å². The number of hydrogen-bond donors (Lipinski definition) is 2. The third-order valence-corrected chi connectivity index (χ3v) is 6.39. The molecule has 1 atom stereocenters. The Bertz CT molecular complexity index is 789. The Kier molecular flexibility index (Phi) is 8.28. The molecule has 3 amide bonds. The summed E-state index contributed by atoms with van der Waals surface area (Å²) in [4.78, 5) is 29.3. The average molecular weight is 430 g/mol. The number of nitrogens with one attached hydrogen (secondary N) is 1. The van der Waals surface area contributed by atoms with Crippen molar-refractivity contribution in [1.29, 1.82) is 0 Å². The van der Waals surface area contributed by atoms with Gasteiger partial charge in [-0.1, -0.05) is 37.3 Å². The van der Waals surface area contributed by atoms with Gasteiger partial charge in [-0.3, -0.25) is 4.79 Å². The van der Waals surface area contributed by atoms with Crippen LogP contribution >= 0.6 is 11.3 Å². The summed E-state index contributed by atoms with van der Waals surface area (Å²) in [5.41, 5.74) is 2.13. The molecule has 1 aromatic heterocycles. The molecule has 2 N–H and O–H groups in total. The molecule has 0 saturated carbocycles. The Labute approximate surface area is 182 Å². The summed E-state index contributed by atoms with van der Waals surface area (Å²) in [7, 11) is 0. The molecule has 30 heavy (non-hydrogen) atoms. The maximum Gasteiger partial charge on any atom is 0.317 e. The zero-order chi connectivity index (χ0) is 21.3. The number of aliphatic hydroxyl groups excluding tert-OH is 1. The number of thiophene rings is 1. The summed E-state index contributed by atoms with van der Waals surface area (Å²) in [5, 5.41) is 16.4. The van der Waals surface area contributed by atoms with E-state index in [0.717, 1.165) is 30.4 Å². The monoisotopic (exact) mass is 429 g/mol. The van der Waals surface area contributed by atoms with Crippen molar-refractivity contribution in [2.75, 3.05) is 26.2 Å². The largest absolute Gasteiger partial charge is 0.395 e. The van der Waals surface area contributed by atoms with Crippen LogP contribution < -0.4 is 5.32 Å². The predicted molar refractivity (Wildman–Crippen MR) is 119 cm³/mol. The van der Waals surface area contributed by atoms with E-state index in [0.29, 0.717) is 26.2 Å². The molecule has 6 nitrogen and oxygen atoms in total. The smallest absolute Gasteiger partial charge is 0.317 e. The SMILES string of the molecule is CCC(C(=O)N1CCC(NC(=O)N(CCO)Cc2ccsc2)CC1)c1ccccc1. The van der Waals surface area contributed by atoms with Crippen molar-refractivity contribution in [3.63, 3.8) is 0 Å². The number of aliphatic hydroxyl groups is 1. The van der Waals surface area contributed by atoms with Gasteiger partial charge in [-0.15, -0.1) is 0 Å². The second kappa shape index (κ2) is 11.1. The summed E-state index contributed by atoms with van der Waals surface area (Å²) < 4.78 is 0. The van der Waals surface area contributed by atoms with E-state index in [-0.39, 0.29) is 30.5 Å². The minimum Gasteiger partial charge on any atom is -0.395 e. The van der Waals surface area contributed by atoms with Crippen LogP contribution in [0.2, 0.25) is 0 Å². The third-order valence-electron chi connectivity index (χ3n) is 5.65. The molecular weight excluding hydrogens is 398 g/mol. The number of piperidine rings is 1. The summed E-state index contributed by atoms with van der Waals surface area (Å²) in [6.07, 6.45) is 2.26. The lowest BCUT2D eigenvalue weighted by Gasteiger charge is -2.35. The van der Waals surface area contributed by atoms with Crippen molar-refractivity contribution in [2.24, 2.45) is 0 Å². The van der Waals surface area contributed by atoms with E-state index in [2.05, 4.69) is 5.32 Å². The van der Waals surface area contributed by atoms with Crippen molar-refractivity contribution >= 4 is 23.3 Å². The van der Waals surface area contributed by atoms with E-state index >= 15 is 0 Å². The van der Waals surface area contributed by atoms with Gasteiger partial charge < -0.3 is 20.2 Å². The summed E-state index contributed by atoms with van der Waals surface area (Å²) in [5.74, 6) is 0.0656. The van der Waals surface area contributed by atoms with Crippen molar-refractivity contribution in [2.45, 2.75) is 44.7 Å². The Morgan fingerprint density at radius 2 is 1.97 bits per heavy atom. The Hall–Kier alpha value is -2.38. The van der Waals surface area contributed by atoms with Crippen LogP contribution in [0, 0.1) is 0 Å². The maximum atomic E-state index is 13.0. The molecule has 2 aromatic rings. The molecule has 1 unspecified atom stereocenters. The van der Waals surface area contributed by atoms with Gasteiger partial charge in [0.25, 0.3) is 0 Å². The van der Waals surface area contributed by atoms with E-state index in [1.54, 1.807) is 16.2 Å². The van der Waals surface area contributed by atoms with E-state index in [4.69, 9.17) is 0 Å². The van der Waals surface area contributed by atoms with E-state index in [1.165, 1.54) is 0 Å². The third kappa shape index (κ3) is 5.83. The van der Waals surface area contributed by atoms with Crippen LogP contribution in [0.25, 0.3) is 0 Å². The van der Waals surface area contributed by atoms with E-state index in [9.17, 15) is 14.7 Å². The average Bonchev–Trinajstić information content (AvgIpc) is 3.28. The molecule has 0 bridgehead atoms. The zero-order valence-corrected chi connectivity index (χ0v) is 18.3. The van der Waals surface area contributed by atoms with Crippen LogP contribution in [0.15, 0.2) is 47.2 Å². The minimum atomic E-state index is -0.157. The number of likely N-dealkylation sites (tertiary alicyclic amines) is 1. The molecule has 0 spiro atoms. The zero-order valence-electron chi connectivity index (χ0n) is 17.5. The maximum absolute atomic E-state index is 13.0. The fourth-order valence-electron chi connectivity index (χ4n) is 3.94. The minimum absolute atomic E-state index is 0.0435. The van der Waals surface area contributed by atoms with Crippen LogP contribution in [0.3, 0.4) is 0 Å². The van der Waals surface area contributed by atoms with Crippen LogP contribution in [0.4, 0.5) is 4.79 Å². The number of benzene rings is 1. The first kappa shape index (κ1) is 22.3. The molecule has 3 rings (SSSR count). The highest BCUT2D eigenvalue weighted by molar-refractivity contribution is 7.07. The van der Waals surface area contributed by atoms with Crippen LogP contribution in [-0.2, 0) is 11.3 Å². The topological polar surface area (TPSA) is 72.9 Å². The van der Waals surface area contributed by atoms with Crippen LogP contribution in [0.1, 0.15) is 43.2 Å². The van der Waals surface area contributed by atoms with Gasteiger partial charge in [0, 0.05) is 32.2 Å². The molecule has 7 heteroatoms. The number of urea groups is 1. The molecule has 0 aliphatic carbocycles. The molecule has 0 radical (unpaired) electrons. The highest BCUT2D eigenvalue weighted by Crippen LogP contribution is 2.24. The van der Waals surface area contributed by atoms with Crippen molar-refractivity contribution in [1.82, 2.24) is 15.1 Å². The van der Waals surface area contributed by atoms with Gasteiger partial charge in [0.1, 0.15) is 0 Å². The molecule has 1 aromatic carbocycles. The molecule has 2 heterocycles. The Balaban J connectivity index is 1.51. The highest BCUT2D eigenvalue weighted by atomic mass is 32.1. The first-order valence-corrected chi connectivity index (χ1v) is 11.6. The molecule has 1 saturated heterocycles. The van der Waals surface area contributed by atoms with Gasteiger partial charge in [0.2, 0.25) is 5.91 Å². The molecular formula is C23H31N3O3S. The first-order chi connectivity index (χ1) is 14.6. The fraction of sp³-hybridized carbons (Fsp3) is 0.478. The lowest BCUT2D eigenvalue weighted by atomic mass is 9.93. The van der Waals surface area contributed by atoms with Gasteiger partial charge in [0.15, 0.2) is 0 Å². The molecule has 162 valence electrons. The quantitative estimate of drug-likeness (QED) is 0.675. The van der Waals surface area contributed by atoms with Crippen LogP contribution in [0.5, 0.6) is 0 Å². The first-order valence-electron chi connectivity index (χ1n) is 10.6. The van der Waals surface area contributed by atoms with Gasteiger partial charge in [-0.25, -0.2) is 4.79 Å². The van der Waals surface area contributed by atoms with E-state index in [1.807, 2.05) is 59.0 Å². The van der Waals surface area contributed by atoms with Gasteiger partial charge in [-0.05, 0) is 47.2 Å². The standard InChI is InChI=1S/C23H31N3O3S/c1-2-21(19-6-4-3-5-7-19)22(28)25-11-8-20(9-12-25)24-23(29)26(13-14-27)16-18-10-15-30-17-18/h3-7,10,15,17,20-21,27H,2,8-9,11-14,16H2,1H3,(H,24,29). The summed E-state index contributed by atoms with van der Waals surface area (Å²) >= 11 is 1.59. The van der Waals surface area contributed by atoms with Gasteiger partial charge in [-0.2, -0.15) is 11.3 Å². The van der Waals surface area contributed by atoms with Gasteiger partial charge in [0.05, 0.1) is 12.5 Å². The molecule has 1 aliphatic heterocycles. The van der Waals surface area contributed by atoms with Crippen molar-refractivity contribution < 1.29 is 14.7 Å². The lowest BCUT2D eigenvalue weighted by molar-refractivity contribution is -0.134. The number of rotatable bonds is 8. The number of hydrogen-bond acceptors (Lipinski definition) is 4. The second-order valence-electron chi connectivity index (χ2n) is 7.70. The van der Waals surface area contributed by atoms with Crippen LogP contribution in [-0.4, -0.2) is 59.1 Å². The highest BCUT2D eigenvalue weighted by Gasteiger charge is 2.29. The predicted octanol–water partition coefficient (Wildman–Crippen LogP) is 3.44. The normalized spacial score (nSPS) is 15.6. The fourth-order valence-corrected chi connectivity index (χ4v) is 4.60. The number of carbonyl (C=O) groups is 2. The molecule has 1 fully saturated rings. The summed E-state index contributed by atoms with van der Waals surface area (Å²) in [6.45, 7) is 4.07. The molecule has 1 aliphatic rings. The van der Waals surface area contributed by atoms with Crippen molar-refractivity contribution in [3.05, 3.63) is 58.3 Å². The Morgan fingerprint density at radius 3 is 2.57 bits per heavy atom. The van der Waals surface area contributed by atoms with Gasteiger partial charge >= 0.3 is 6.03 Å². The Morgan fingerprint density at radius 1 is 1.23 bits per heavy atom. The number of carbonyl (C=O) groups excluding carboxylic acids is 2. The number of amides is 3. The summed E-state index contributed by atoms with van der Waals surface area (Å²) in [6, 6.07) is 11.8. The lowest BCUT2D eigenvalue weighted by Crippen LogP contribution is -2.51. The second-order valence-corrected chi connectivity index (χ2v) is 8.48. The number of nitrogens with zero attached hydrogens (tertiary/aromatic N) is 2. The van der Waals surface area contributed by atoms with Crippen molar-refractivity contribution in [3.8, 4) is 0 Å².